The van der Waals surface area contributed by atoms with Gasteiger partial charge >= 0.3 is 11.9 Å². The maximum atomic E-state index is 13.8. The van der Waals surface area contributed by atoms with Crippen LogP contribution in [0.3, 0.4) is 0 Å². The SMILES string of the molecule is CC(=O)Oc1ccc(C(=O)O[C@H](C)CC(C)C)c(F)c1. The molecular weight excluding hydrogens is 263 g/mol. The van der Waals surface area contributed by atoms with Crippen LogP contribution in [0, 0.1) is 11.7 Å². The zero-order chi connectivity index (χ0) is 15.3. The molecule has 1 aromatic rings. The quantitative estimate of drug-likeness (QED) is 0.614. The van der Waals surface area contributed by atoms with E-state index in [1.165, 1.54) is 19.1 Å². The summed E-state index contributed by atoms with van der Waals surface area (Å²) in [5.41, 5.74) is -0.170. The molecule has 5 heteroatoms. The third-order valence-electron chi connectivity index (χ3n) is 2.53. The number of ether oxygens (including phenoxy) is 2. The van der Waals surface area contributed by atoms with E-state index in [1.54, 1.807) is 6.92 Å². The summed E-state index contributed by atoms with van der Waals surface area (Å²) in [6.45, 7) is 7.01. The fourth-order valence-electron chi connectivity index (χ4n) is 1.85. The summed E-state index contributed by atoms with van der Waals surface area (Å²) in [7, 11) is 0. The number of carbonyl (C=O) groups is 2. The molecule has 0 saturated carbocycles. The van der Waals surface area contributed by atoms with E-state index in [2.05, 4.69) is 0 Å². The molecule has 0 saturated heterocycles. The molecule has 20 heavy (non-hydrogen) atoms. The number of hydrogen-bond acceptors (Lipinski definition) is 4. The minimum atomic E-state index is -0.773. The lowest BCUT2D eigenvalue weighted by Gasteiger charge is -2.15. The van der Waals surface area contributed by atoms with Gasteiger partial charge in [-0.1, -0.05) is 13.8 Å². The van der Waals surface area contributed by atoms with Gasteiger partial charge in [-0.2, -0.15) is 0 Å². The van der Waals surface area contributed by atoms with Crippen LogP contribution >= 0.6 is 0 Å². The summed E-state index contributed by atoms with van der Waals surface area (Å²) in [5.74, 6) is -1.60. The number of rotatable bonds is 5. The van der Waals surface area contributed by atoms with Gasteiger partial charge in [-0.15, -0.1) is 0 Å². The number of esters is 2. The molecule has 0 aromatic heterocycles. The van der Waals surface area contributed by atoms with Gasteiger partial charge in [-0.3, -0.25) is 4.79 Å². The number of carbonyl (C=O) groups excluding carboxylic acids is 2. The molecule has 1 atom stereocenters. The third-order valence-corrected chi connectivity index (χ3v) is 2.53. The Morgan fingerprint density at radius 1 is 1.25 bits per heavy atom. The zero-order valence-corrected chi connectivity index (χ0v) is 12.1. The normalized spacial score (nSPS) is 12.1. The molecule has 110 valence electrons. The van der Waals surface area contributed by atoms with Crippen molar-refractivity contribution in [2.24, 2.45) is 5.92 Å². The average molecular weight is 282 g/mol. The van der Waals surface area contributed by atoms with Crippen LogP contribution in [0.4, 0.5) is 4.39 Å². The number of hydrogen-bond donors (Lipinski definition) is 0. The molecule has 0 unspecified atom stereocenters. The second-order valence-corrected chi connectivity index (χ2v) is 5.08. The highest BCUT2D eigenvalue weighted by Gasteiger charge is 2.17. The van der Waals surface area contributed by atoms with Crippen LogP contribution in [0.2, 0.25) is 0 Å². The van der Waals surface area contributed by atoms with Crippen LogP contribution in [0.15, 0.2) is 18.2 Å². The Kier molecular flexibility index (Phi) is 5.67. The minimum Gasteiger partial charge on any atom is -0.459 e. The van der Waals surface area contributed by atoms with Crippen LogP contribution in [0.25, 0.3) is 0 Å². The van der Waals surface area contributed by atoms with Crippen molar-refractivity contribution in [3.8, 4) is 5.75 Å². The summed E-state index contributed by atoms with van der Waals surface area (Å²) < 4.78 is 23.7. The van der Waals surface area contributed by atoms with E-state index in [4.69, 9.17) is 9.47 Å². The summed E-state index contributed by atoms with van der Waals surface area (Å²) in [6, 6.07) is 3.59. The molecule has 0 bridgehead atoms. The number of benzene rings is 1. The lowest BCUT2D eigenvalue weighted by molar-refractivity contribution is -0.131. The maximum absolute atomic E-state index is 13.8. The van der Waals surface area contributed by atoms with E-state index in [9.17, 15) is 14.0 Å². The van der Waals surface area contributed by atoms with Crippen molar-refractivity contribution >= 4 is 11.9 Å². The summed E-state index contributed by atoms with van der Waals surface area (Å²) in [5, 5.41) is 0. The van der Waals surface area contributed by atoms with Gasteiger partial charge in [0.1, 0.15) is 11.6 Å². The molecule has 0 heterocycles. The van der Waals surface area contributed by atoms with Crippen LogP contribution in [-0.4, -0.2) is 18.0 Å². The third kappa shape index (κ3) is 4.99. The second-order valence-electron chi connectivity index (χ2n) is 5.08. The average Bonchev–Trinajstić information content (AvgIpc) is 2.26. The zero-order valence-electron chi connectivity index (χ0n) is 12.1. The largest absolute Gasteiger partial charge is 0.459 e. The van der Waals surface area contributed by atoms with E-state index >= 15 is 0 Å². The summed E-state index contributed by atoms with van der Waals surface area (Å²) in [6.07, 6.45) is 0.425. The highest BCUT2D eigenvalue weighted by Crippen LogP contribution is 2.19. The van der Waals surface area contributed by atoms with Gasteiger partial charge in [-0.05, 0) is 31.4 Å². The van der Waals surface area contributed by atoms with Gasteiger partial charge < -0.3 is 9.47 Å². The van der Waals surface area contributed by atoms with Gasteiger partial charge in [0, 0.05) is 13.0 Å². The second kappa shape index (κ2) is 7.03. The molecule has 0 spiro atoms. The monoisotopic (exact) mass is 282 g/mol. The first-order valence-electron chi connectivity index (χ1n) is 6.48. The molecule has 0 aliphatic heterocycles. The van der Waals surface area contributed by atoms with Gasteiger partial charge in [-0.25, -0.2) is 9.18 Å². The molecule has 1 rings (SSSR count). The van der Waals surface area contributed by atoms with Crippen molar-refractivity contribution in [3.05, 3.63) is 29.6 Å². The summed E-state index contributed by atoms with van der Waals surface area (Å²) >= 11 is 0. The number of halogens is 1. The topological polar surface area (TPSA) is 52.6 Å². The highest BCUT2D eigenvalue weighted by atomic mass is 19.1. The maximum Gasteiger partial charge on any atom is 0.341 e. The standard InChI is InChI=1S/C15H19FO4/c1-9(2)7-10(3)19-15(18)13-6-5-12(8-14(13)16)20-11(4)17/h5-6,8-10H,7H2,1-4H3/t10-/m1/s1. The van der Waals surface area contributed by atoms with Gasteiger partial charge in [0.15, 0.2) is 0 Å². The van der Waals surface area contributed by atoms with Crippen molar-refractivity contribution < 1.29 is 23.5 Å². The van der Waals surface area contributed by atoms with Crippen molar-refractivity contribution in [2.45, 2.75) is 40.2 Å². The van der Waals surface area contributed by atoms with Crippen LogP contribution in [0.5, 0.6) is 5.75 Å². The van der Waals surface area contributed by atoms with Gasteiger partial charge in [0.25, 0.3) is 0 Å². The van der Waals surface area contributed by atoms with E-state index in [1.807, 2.05) is 13.8 Å². The predicted octanol–water partition coefficient (Wildman–Crippen LogP) is 3.34. The lowest BCUT2D eigenvalue weighted by atomic mass is 10.1. The Balaban J connectivity index is 2.76. The molecule has 0 radical (unpaired) electrons. The Labute approximate surface area is 117 Å². The van der Waals surface area contributed by atoms with E-state index in [0.29, 0.717) is 12.3 Å². The molecule has 1 aromatic carbocycles. The molecular formula is C15H19FO4. The first-order chi connectivity index (χ1) is 9.29. The van der Waals surface area contributed by atoms with Crippen molar-refractivity contribution in [3.63, 3.8) is 0 Å². The first-order valence-corrected chi connectivity index (χ1v) is 6.48. The molecule has 0 N–H and O–H groups in total. The smallest absolute Gasteiger partial charge is 0.341 e. The highest BCUT2D eigenvalue weighted by molar-refractivity contribution is 5.90. The molecule has 0 aliphatic carbocycles. The Hall–Kier alpha value is -1.91. The van der Waals surface area contributed by atoms with Crippen molar-refractivity contribution in [2.75, 3.05) is 0 Å². The Bertz CT molecular complexity index is 497. The minimum absolute atomic E-state index is 0.0572. The van der Waals surface area contributed by atoms with Crippen LogP contribution in [0.1, 0.15) is 44.5 Å². The van der Waals surface area contributed by atoms with Crippen LogP contribution < -0.4 is 4.74 Å². The van der Waals surface area contributed by atoms with E-state index in [-0.39, 0.29) is 17.4 Å². The fourth-order valence-corrected chi connectivity index (χ4v) is 1.85. The van der Waals surface area contributed by atoms with Crippen molar-refractivity contribution in [1.29, 1.82) is 0 Å². The fraction of sp³-hybridized carbons (Fsp3) is 0.467. The Morgan fingerprint density at radius 3 is 2.40 bits per heavy atom. The predicted molar refractivity (Wildman–Crippen MR) is 72.0 cm³/mol. The van der Waals surface area contributed by atoms with E-state index < -0.39 is 17.8 Å². The van der Waals surface area contributed by atoms with Crippen LogP contribution in [-0.2, 0) is 9.53 Å². The Morgan fingerprint density at radius 2 is 1.90 bits per heavy atom. The molecule has 0 amide bonds. The first kappa shape index (κ1) is 16.1. The molecule has 4 nitrogen and oxygen atoms in total. The lowest BCUT2D eigenvalue weighted by Crippen LogP contribution is -2.18. The van der Waals surface area contributed by atoms with Gasteiger partial charge in [0.05, 0.1) is 11.7 Å². The van der Waals surface area contributed by atoms with Gasteiger partial charge in [0.2, 0.25) is 0 Å². The summed E-state index contributed by atoms with van der Waals surface area (Å²) in [4.78, 5) is 22.6. The van der Waals surface area contributed by atoms with E-state index in [0.717, 1.165) is 6.07 Å². The molecule has 0 fully saturated rings. The van der Waals surface area contributed by atoms with Crippen molar-refractivity contribution in [1.82, 2.24) is 0 Å². The molecule has 0 aliphatic rings.